The number of aromatic nitrogens is 3. The third-order valence-electron chi connectivity index (χ3n) is 6.15. The van der Waals surface area contributed by atoms with Crippen LogP contribution < -0.4 is 25.1 Å². The van der Waals surface area contributed by atoms with Gasteiger partial charge in [-0.25, -0.2) is 0 Å². The number of methoxy groups -OCH3 is 2. The van der Waals surface area contributed by atoms with E-state index >= 15 is 0 Å². The lowest BCUT2D eigenvalue weighted by Gasteiger charge is -2.13. The molecule has 196 valence electrons. The summed E-state index contributed by atoms with van der Waals surface area (Å²) in [6.07, 6.45) is 1.65. The highest BCUT2D eigenvalue weighted by Crippen LogP contribution is 2.36. The molecule has 0 bridgehead atoms. The summed E-state index contributed by atoms with van der Waals surface area (Å²) in [6.45, 7) is 2.05. The van der Waals surface area contributed by atoms with Crippen molar-refractivity contribution < 1.29 is 19.0 Å². The number of fused-ring (bicyclic) bond motifs is 1. The van der Waals surface area contributed by atoms with Gasteiger partial charge in [0.25, 0.3) is 11.5 Å². The number of nitrogens with zero attached hydrogens (tertiary/aromatic N) is 3. The van der Waals surface area contributed by atoms with Gasteiger partial charge in [-0.3, -0.25) is 14.6 Å². The highest BCUT2D eigenvalue weighted by Gasteiger charge is 2.15. The molecule has 2 heterocycles. The minimum atomic E-state index is -0.360. The minimum Gasteiger partial charge on any atom is -0.493 e. The summed E-state index contributed by atoms with van der Waals surface area (Å²) in [6, 6.07) is 23.2. The first-order valence-electron chi connectivity index (χ1n) is 12.2. The molecule has 9 heteroatoms. The van der Waals surface area contributed by atoms with Gasteiger partial charge in [0.1, 0.15) is 11.5 Å². The van der Waals surface area contributed by atoms with Crippen LogP contribution in [0.2, 0.25) is 0 Å². The Labute approximate surface area is 224 Å². The zero-order chi connectivity index (χ0) is 27.4. The number of carbonyl (C=O) groups excluding carboxylic acids is 1. The van der Waals surface area contributed by atoms with E-state index in [1.54, 1.807) is 63.7 Å². The van der Waals surface area contributed by atoms with Gasteiger partial charge in [-0.1, -0.05) is 30.3 Å². The van der Waals surface area contributed by atoms with E-state index in [-0.39, 0.29) is 17.2 Å². The summed E-state index contributed by atoms with van der Waals surface area (Å²) >= 11 is 0. The molecule has 2 aromatic heterocycles. The Kier molecular flexibility index (Phi) is 7.22. The largest absolute Gasteiger partial charge is 0.493 e. The number of rotatable bonds is 8. The third kappa shape index (κ3) is 5.42. The van der Waals surface area contributed by atoms with Gasteiger partial charge in [0, 0.05) is 30.3 Å². The third-order valence-corrected chi connectivity index (χ3v) is 6.15. The maximum atomic E-state index is 12.9. The maximum absolute atomic E-state index is 12.9. The lowest BCUT2D eigenvalue weighted by Crippen LogP contribution is -2.30. The maximum Gasteiger partial charge on any atom is 0.272 e. The second-order valence-electron chi connectivity index (χ2n) is 8.72. The smallest absolute Gasteiger partial charge is 0.272 e. The fourth-order valence-electron chi connectivity index (χ4n) is 4.13. The normalized spacial score (nSPS) is 10.7. The van der Waals surface area contributed by atoms with Crippen molar-refractivity contribution in [3.63, 3.8) is 0 Å². The number of hydrogen-bond donors (Lipinski definition) is 1. The number of carbonyl (C=O) groups is 1. The van der Waals surface area contributed by atoms with Crippen LogP contribution in [0.15, 0.2) is 89.9 Å². The Balaban J connectivity index is 1.39. The van der Waals surface area contributed by atoms with Gasteiger partial charge in [0.2, 0.25) is 0 Å². The lowest BCUT2D eigenvalue weighted by molar-refractivity contribution is 0.0943. The molecule has 0 aliphatic rings. The summed E-state index contributed by atoms with van der Waals surface area (Å²) < 4.78 is 18.1. The van der Waals surface area contributed by atoms with E-state index in [0.717, 1.165) is 10.9 Å². The zero-order valence-electron chi connectivity index (χ0n) is 21.7. The summed E-state index contributed by atoms with van der Waals surface area (Å²) in [5.41, 5.74) is 2.48. The van der Waals surface area contributed by atoms with Crippen LogP contribution in [0, 0.1) is 6.92 Å². The van der Waals surface area contributed by atoms with Crippen LogP contribution >= 0.6 is 0 Å². The van der Waals surface area contributed by atoms with E-state index in [9.17, 15) is 9.59 Å². The highest BCUT2D eigenvalue weighted by atomic mass is 16.5. The fourth-order valence-corrected chi connectivity index (χ4v) is 4.13. The minimum absolute atomic E-state index is 0.179. The van der Waals surface area contributed by atoms with Gasteiger partial charge in [-0.15, -0.1) is 0 Å². The molecule has 0 unspecified atom stereocenters. The van der Waals surface area contributed by atoms with Crippen LogP contribution in [0.5, 0.6) is 23.0 Å². The molecule has 0 saturated carbocycles. The van der Waals surface area contributed by atoms with Crippen molar-refractivity contribution in [2.75, 3.05) is 14.2 Å². The molecule has 5 rings (SSSR count). The van der Waals surface area contributed by atoms with E-state index in [2.05, 4.69) is 15.4 Å². The molecule has 0 aliphatic carbocycles. The lowest BCUT2D eigenvalue weighted by atomic mass is 10.2. The second-order valence-corrected chi connectivity index (χ2v) is 8.72. The van der Waals surface area contributed by atoms with Crippen molar-refractivity contribution in [1.82, 2.24) is 20.1 Å². The second kappa shape index (κ2) is 11.1. The van der Waals surface area contributed by atoms with Crippen LogP contribution in [0.4, 0.5) is 0 Å². The molecule has 0 radical (unpaired) electrons. The quantitative estimate of drug-likeness (QED) is 0.311. The predicted octanol–water partition coefficient (Wildman–Crippen LogP) is 4.83. The molecule has 9 nitrogen and oxygen atoms in total. The summed E-state index contributed by atoms with van der Waals surface area (Å²) in [5.74, 6) is 1.90. The highest BCUT2D eigenvalue weighted by molar-refractivity contribution is 5.93. The van der Waals surface area contributed by atoms with Crippen molar-refractivity contribution in [2.45, 2.75) is 13.5 Å². The first-order valence-corrected chi connectivity index (χ1v) is 12.2. The van der Waals surface area contributed by atoms with E-state index in [4.69, 9.17) is 14.2 Å². The molecule has 1 amide bonds. The molecular formula is C30H26N4O5. The molecule has 0 saturated heterocycles. The number of amides is 1. The van der Waals surface area contributed by atoms with Crippen LogP contribution in [0.3, 0.4) is 0 Å². The number of aryl methyl sites for hydroxylation is 1. The van der Waals surface area contributed by atoms with Crippen LogP contribution in [-0.2, 0) is 6.54 Å². The summed E-state index contributed by atoms with van der Waals surface area (Å²) in [4.78, 5) is 30.0. The standard InChI is InChI=1S/C30H26N4O5/c1-19-15-28(35)34(33-29(19)30(36)32-18-20-7-5-4-6-8-20)21-9-11-22(12-10-21)39-25-13-14-31-24-17-27(38-3)26(37-2)16-23(24)25/h4-17H,18H2,1-3H3,(H,32,36). The zero-order valence-corrected chi connectivity index (χ0v) is 21.7. The van der Waals surface area contributed by atoms with Gasteiger partial charge >= 0.3 is 0 Å². The first kappa shape index (κ1) is 25.5. The van der Waals surface area contributed by atoms with Crippen molar-refractivity contribution >= 4 is 16.8 Å². The SMILES string of the molecule is COc1cc2nccc(Oc3ccc(-n4nc(C(=O)NCc5ccccc5)c(C)cc4=O)cc3)c2cc1OC. The van der Waals surface area contributed by atoms with E-state index in [1.807, 2.05) is 36.4 Å². The molecule has 1 N–H and O–H groups in total. The molecule has 0 aliphatic heterocycles. The number of nitrogens with one attached hydrogen (secondary N) is 1. The van der Waals surface area contributed by atoms with Gasteiger partial charge in [0.15, 0.2) is 17.2 Å². The van der Waals surface area contributed by atoms with Gasteiger partial charge < -0.3 is 19.5 Å². The molecule has 3 aromatic carbocycles. The number of ether oxygens (including phenoxy) is 3. The van der Waals surface area contributed by atoms with Gasteiger partial charge in [-0.05, 0) is 54.4 Å². The molecule has 0 fully saturated rings. The van der Waals surface area contributed by atoms with Crippen LogP contribution in [0.25, 0.3) is 16.6 Å². The number of pyridine rings is 1. The summed E-state index contributed by atoms with van der Waals surface area (Å²) in [5, 5.41) is 7.98. The van der Waals surface area contributed by atoms with Crippen molar-refractivity contribution in [1.29, 1.82) is 0 Å². The molecule has 0 spiro atoms. The molecular weight excluding hydrogens is 496 g/mol. The Bertz CT molecular complexity index is 1700. The monoisotopic (exact) mass is 522 g/mol. The molecule has 0 atom stereocenters. The Morgan fingerprint density at radius 1 is 0.897 bits per heavy atom. The first-order chi connectivity index (χ1) is 19.0. The predicted molar refractivity (Wildman–Crippen MR) is 147 cm³/mol. The molecule has 5 aromatic rings. The van der Waals surface area contributed by atoms with E-state index in [1.165, 1.54) is 10.7 Å². The molecule has 39 heavy (non-hydrogen) atoms. The Hall–Kier alpha value is -5.18. The summed E-state index contributed by atoms with van der Waals surface area (Å²) in [7, 11) is 3.14. The van der Waals surface area contributed by atoms with Crippen molar-refractivity contribution in [3.05, 3.63) is 112 Å². The van der Waals surface area contributed by atoms with Crippen LogP contribution in [0.1, 0.15) is 21.6 Å². The van der Waals surface area contributed by atoms with E-state index in [0.29, 0.717) is 46.3 Å². The van der Waals surface area contributed by atoms with Gasteiger partial charge in [-0.2, -0.15) is 9.78 Å². The average molecular weight is 523 g/mol. The fraction of sp³-hybridized carbons (Fsp3) is 0.133. The van der Waals surface area contributed by atoms with Gasteiger partial charge in [0.05, 0.1) is 25.4 Å². The van der Waals surface area contributed by atoms with E-state index < -0.39 is 0 Å². The van der Waals surface area contributed by atoms with Crippen molar-refractivity contribution in [3.8, 4) is 28.7 Å². The van der Waals surface area contributed by atoms with Crippen LogP contribution in [-0.4, -0.2) is 34.9 Å². The average Bonchev–Trinajstić information content (AvgIpc) is 2.96. The van der Waals surface area contributed by atoms with Crippen molar-refractivity contribution in [2.24, 2.45) is 0 Å². The number of benzene rings is 3. The number of hydrogen-bond acceptors (Lipinski definition) is 7. The Morgan fingerprint density at radius 3 is 2.33 bits per heavy atom. The Morgan fingerprint density at radius 2 is 1.62 bits per heavy atom. The topological polar surface area (TPSA) is 105 Å².